The highest BCUT2D eigenvalue weighted by Gasteiger charge is 2.18. The number of hydrogen-bond acceptors (Lipinski definition) is 4. The largest absolute Gasteiger partial charge is 0.339 e. The molecule has 1 aliphatic rings. The van der Waals surface area contributed by atoms with E-state index in [0.717, 1.165) is 58.7 Å². The standard InChI is InChI=1S/C29H31N5O/c1-18-22(26-23-16-25(19-12-14-30-15-13-19)33-27(23)32-17-31-26)6-5-7-24(18)34-28(35)20-8-10-21(11-9-20)29(2,3)4/h5-12,16-17,30H,13-15H2,1-4H3,(H,34,35)(H,31,32,33). The molecule has 4 aromatic rings. The Balaban J connectivity index is 1.46. The van der Waals surface area contributed by atoms with Crippen molar-refractivity contribution in [3.05, 3.63) is 83.3 Å². The monoisotopic (exact) mass is 465 g/mol. The van der Waals surface area contributed by atoms with Gasteiger partial charge in [-0.3, -0.25) is 4.79 Å². The molecule has 178 valence electrons. The molecule has 5 rings (SSSR count). The molecule has 6 nitrogen and oxygen atoms in total. The maximum Gasteiger partial charge on any atom is 0.255 e. The normalized spacial score (nSPS) is 14.1. The molecular formula is C29H31N5O. The molecule has 6 heteroatoms. The molecule has 0 bridgehead atoms. The number of benzene rings is 2. The number of aromatic amines is 1. The number of carbonyl (C=O) groups excluding carboxylic acids is 1. The predicted molar refractivity (Wildman–Crippen MR) is 143 cm³/mol. The zero-order valence-corrected chi connectivity index (χ0v) is 20.7. The third-order valence-electron chi connectivity index (χ3n) is 6.69. The summed E-state index contributed by atoms with van der Waals surface area (Å²) in [6.45, 7) is 10.4. The Morgan fingerprint density at radius 2 is 1.86 bits per heavy atom. The molecule has 2 aromatic heterocycles. The van der Waals surface area contributed by atoms with Crippen molar-refractivity contribution in [2.24, 2.45) is 0 Å². The van der Waals surface area contributed by atoms with E-state index in [1.54, 1.807) is 6.33 Å². The summed E-state index contributed by atoms with van der Waals surface area (Å²) < 4.78 is 0. The summed E-state index contributed by atoms with van der Waals surface area (Å²) in [6, 6.07) is 15.9. The van der Waals surface area contributed by atoms with Gasteiger partial charge in [-0.1, -0.05) is 51.1 Å². The van der Waals surface area contributed by atoms with E-state index in [0.29, 0.717) is 5.56 Å². The zero-order chi connectivity index (χ0) is 24.6. The number of H-pyrrole nitrogens is 1. The third kappa shape index (κ3) is 4.62. The Morgan fingerprint density at radius 3 is 2.57 bits per heavy atom. The average molecular weight is 466 g/mol. The van der Waals surface area contributed by atoms with Gasteiger partial charge in [-0.15, -0.1) is 0 Å². The van der Waals surface area contributed by atoms with E-state index in [9.17, 15) is 4.79 Å². The molecule has 0 saturated heterocycles. The van der Waals surface area contributed by atoms with Crippen LogP contribution in [0, 0.1) is 6.92 Å². The van der Waals surface area contributed by atoms with Crippen molar-refractivity contribution in [2.75, 3.05) is 18.4 Å². The highest BCUT2D eigenvalue weighted by atomic mass is 16.1. The van der Waals surface area contributed by atoms with Crippen molar-refractivity contribution in [1.29, 1.82) is 0 Å². The number of nitrogens with zero attached hydrogens (tertiary/aromatic N) is 2. The summed E-state index contributed by atoms with van der Waals surface area (Å²) in [6.07, 6.45) is 4.79. The summed E-state index contributed by atoms with van der Waals surface area (Å²) in [5.74, 6) is -0.125. The van der Waals surface area contributed by atoms with Gasteiger partial charge in [0.05, 0.1) is 5.69 Å². The highest BCUT2D eigenvalue weighted by molar-refractivity contribution is 6.05. The van der Waals surface area contributed by atoms with Gasteiger partial charge < -0.3 is 15.6 Å². The minimum atomic E-state index is -0.125. The van der Waals surface area contributed by atoms with Gasteiger partial charge in [0.1, 0.15) is 12.0 Å². The summed E-state index contributed by atoms with van der Waals surface area (Å²) in [4.78, 5) is 25.6. The number of aromatic nitrogens is 3. The van der Waals surface area contributed by atoms with Gasteiger partial charge in [0, 0.05) is 34.4 Å². The number of carbonyl (C=O) groups is 1. The Hall–Kier alpha value is -3.77. The number of rotatable bonds is 4. The molecule has 0 saturated carbocycles. The van der Waals surface area contributed by atoms with E-state index in [4.69, 9.17) is 0 Å². The number of amides is 1. The van der Waals surface area contributed by atoms with Gasteiger partial charge in [-0.05, 0) is 66.3 Å². The molecule has 0 atom stereocenters. The Kier molecular flexibility index (Phi) is 5.99. The lowest BCUT2D eigenvalue weighted by Gasteiger charge is -2.19. The lowest BCUT2D eigenvalue weighted by molar-refractivity contribution is 0.102. The van der Waals surface area contributed by atoms with Gasteiger partial charge in [-0.25, -0.2) is 9.97 Å². The second-order valence-corrected chi connectivity index (χ2v) is 10.1. The van der Waals surface area contributed by atoms with Crippen molar-refractivity contribution in [2.45, 2.75) is 39.5 Å². The molecule has 3 N–H and O–H groups in total. The number of hydrogen-bond donors (Lipinski definition) is 3. The molecular weight excluding hydrogens is 434 g/mol. The van der Waals surface area contributed by atoms with Crippen molar-refractivity contribution < 1.29 is 4.79 Å². The molecule has 0 unspecified atom stereocenters. The minimum Gasteiger partial charge on any atom is -0.339 e. The fourth-order valence-corrected chi connectivity index (χ4v) is 4.54. The first-order chi connectivity index (χ1) is 16.8. The average Bonchev–Trinajstić information content (AvgIpc) is 3.30. The van der Waals surface area contributed by atoms with Crippen LogP contribution in [0.1, 0.15) is 54.4 Å². The van der Waals surface area contributed by atoms with Crippen LogP contribution in [0.25, 0.3) is 27.9 Å². The van der Waals surface area contributed by atoms with Crippen LogP contribution in [0.3, 0.4) is 0 Å². The van der Waals surface area contributed by atoms with E-state index in [1.165, 1.54) is 11.1 Å². The summed E-state index contributed by atoms with van der Waals surface area (Å²) in [5.41, 5.74) is 8.66. The maximum absolute atomic E-state index is 13.0. The van der Waals surface area contributed by atoms with Crippen LogP contribution in [0.2, 0.25) is 0 Å². The van der Waals surface area contributed by atoms with Crippen LogP contribution < -0.4 is 10.6 Å². The van der Waals surface area contributed by atoms with Crippen LogP contribution in [-0.2, 0) is 5.41 Å². The van der Waals surface area contributed by atoms with Gasteiger partial charge in [0.15, 0.2) is 0 Å². The summed E-state index contributed by atoms with van der Waals surface area (Å²) >= 11 is 0. The number of nitrogens with one attached hydrogen (secondary N) is 3. The smallest absolute Gasteiger partial charge is 0.255 e. The fourth-order valence-electron chi connectivity index (χ4n) is 4.54. The summed E-state index contributed by atoms with van der Waals surface area (Å²) in [5, 5.41) is 7.42. The Morgan fingerprint density at radius 1 is 1.06 bits per heavy atom. The fraction of sp³-hybridized carbons (Fsp3) is 0.276. The van der Waals surface area contributed by atoms with E-state index < -0.39 is 0 Å². The van der Waals surface area contributed by atoms with Gasteiger partial charge in [0.25, 0.3) is 5.91 Å². The third-order valence-corrected chi connectivity index (χ3v) is 6.69. The second kappa shape index (κ2) is 9.12. The number of anilines is 1. The van der Waals surface area contributed by atoms with E-state index >= 15 is 0 Å². The molecule has 0 radical (unpaired) electrons. The zero-order valence-electron chi connectivity index (χ0n) is 20.7. The van der Waals surface area contributed by atoms with E-state index in [-0.39, 0.29) is 11.3 Å². The predicted octanol–water partition coefficient (Wildman–Crippen LogP) is 5.86. The SMILES string of the molecule is Cc1c(NC(=O)c2ccc(C(C)(C)C)cc2)cccc1-c1ncnc2[nH]c(C3=CCNCC3)cc12. The molecule has 3 heterocycles. The molecule has 1 amide bonds. The van der Waals surface area contributed by atoms with Gasteiger partial charge >= 0.3 is 0 Å². The topological polar surface area (TPSA) is 82.7 Å². The quantitative estimate of drug-likeness (QED) is 0.353. The van der Waals surface area contributed by atoms with Crippen molar-refractivity contribution >= 4 is 28.2 Å². The highest BCUT2D eigenvalue weighted by Crippen LogP contribution is 2.33. The van der Waals surface area contributed by atoms with Gasteiger partial charge in [-0.2, -0.15) is 0 Å². The maximum atomic E-state index is 13.0. The van der Waals surface area contributed by atoms with Crippen LogP contribution >= 0.6 is 0 Å². The molecule has 35 heavy (non-hydrogen) atoms. The minimum absolute atomic E-state index is 0.0469. The van der Waals surface area contributed by atoms with Gasteiger partial charge in [0.2, 0.25) is 0 Å². The Bertz CT molecular complexity index is 1420. The van der Waals surface area contributed by atoms with Crippen LogP contribution in [0.15, 0.2) is 60.9 Å². The molecule has 0 spiro atoms. The lowest BCUT2D eigenvalue weighted by atomic mass is 9.86. The second-order valence-electron chi connectivity index (χ2n) is 10.1. The molecule has 2 aromatic carbocycles. The molecule has 0 aliphatic carbocycles. The van der Waals surface area contributed by atoms with Crippen molar-refractivity contribution in [3.8, 4) is 11.3 Å². The van der Waals surface area contributed by atoms with Crippen molar-refractivity contribution in [1.82, 2.24) is 20.3 Å². The Labute approximate surface area is 205 Å². The summed E-state index contributed by atoms with van der Waals surface area (Å²) in [7, 11) is 0. The molecule has 0 fully saturated rings. The molecule has 1 aliphatic heterocycles. The van der Waals surface area contributed by atoms with E-state index in [2.05, 4.69) is 58.5 Å². The first kappa shape index (κ1) is 23.0. The first-order valence-corrected chi connectivity index (χ1v) is 12.1. The number of fused-ring (bicyclic) bond motifs is 1. The van der Waals surface area contributed by atoms with Crippen LogP contribution in [0.4, 0.5) is 5.69 Å². The van der Waals surface area contributed by atoms with Crippen LogP contribution in [-0.4, -0.2) is 33.9 Å². The van der Waals surface area contributed by atoms with Crippen molar-refractivity contribution in [3.63, 3.8) is 0 Å². The first-order valence-electron chi connectivity index (χ1n) is 12.1. The van der Waals surface area contributed by atoms with E-state index in [1.807, 2.05) is 49.4 Å². The lowest BCUT2D eigenvalue weighted by Crippen LogP contribution is -2.20. The van der Waals surface area contributed by atoms with Crippen LogP contribution in [0.5, 0.6) is 0 Å².